The normalized spacial score (nSPS) is 12.5. The molecule has 0 saturated heterocycles. The van der Waals surface area contributed by atoms with Crippen LogP contribution in [0, 0.1) is 12.8 Å². The van der Waals surface area contributed by atoms with Crippen molar-refractivity contribution < 1.29 is 9.26 Å². The number of aryl methyl sites for hydroxylation is 1. The summed E-state index contributed by atoms with van der Waals surface area (Å²) in [4.78, 5) is 8.38. The summed E-state index contributed by atoms with van der Waals surface area (Å²) in [7, 11) is 1.73. The van der Waals surface area contributed by atoms with E-state index in [4.69, 9.17) is 9.26 Å². The minimum Gasteiger partial charge on any atom is -0.493 e. The molecule has 0 aliphatic carbocycles. The topological polar surface area (TPSA) is 84.6 Å². The van der Waals surface area contributed by atoms with E-state index in [1.165, 1.54) is 0 Å². The van der Waals surface area contributed by atoms with Crippen molar-refractivity contribution in [1.29, 1.82) is 0 Å². The number of rotatable bonds is 7. The number of benzene rings is 1. The molecule has 1 aromatic heterocycles. The standard InChI is InChI=1S/C18H27N5O2.HI/c1-12(2)11-24-16-8-6-15(7-9-16)13(3)21-18(19-5)20-10-17-22-14(4)25-23-17;/h6-9,12-13H,10-11H2,1-5H3,(H2,19,20,21);1H. The zero-order chi connectivity index (χ0) is 18.2. The van der Waals surface area contributed by atoms with E-state index in [9.17, 15) is 0 Å². The summed E-state index contributed by atoms with van der Waals surface area (Å²) >= 11 is 0. The number of ether oxygens (including phenoxy) is 1. The zero-order valence-electron chi connectivity index (χ0n) is 15.9. The molecule has 8 heteroatoms. The summed E-state index contributed by atoms with van der Waals surface area (Å²) in [5.74, 6) is 3.22. The number of guanidine groups is 1. The highest BCUT2D eigenvalue weighted by molar-refractivity contribution is 14.0. The third-order valence-electron chi connectivity index (χ3n) is 3.52. The van der Waals surface area contributed by atoms with Crippen molar-refractivity contribution >= 4 is 29.9 Å². The summed E-state index contributed by atoms with van der Waals surface area (Å²) in [5.41, 5.74) is 1.15. The average molecular weight is 473 g/mol. The van der Waals surface area contributed by atoms with Crippen molar-refractivity contribution in [3.8, 4) is 5.75 Å². The van der Waals surface area contributed by atoms with Crippen LogP contribution in [0.3, 0.4) is 0 Å². The molecule has 0 saturated carbocycles. The number of halogens is 1. The molecule has 7 nitrogen and oxygen atoms in total. The third kappa shape index (κ3) is 7.19. The molecule has 2 N–H and O–H groups in total. The third-order valence-corrected chi connectivity index (χ3v) is 3.52. The summed E-state index contributed by atoms with van der Waals surface area (Å²) in [6.07, 6.45) is 0. The van der Waals surface area contributed by atoms with Gasteiger partial charge in [-0.1, -0.05) is 31.1 Å². The first-order valence-corrected chi connectivity index (χ1v) is 8.47. The highest BCUT2D eigenvalue weighted by Crippen LogP contribution is 2.18. The van der Waals surface area contributed by atoms with E-state index >= 15 is 0 Å². The quantitative estimate of drug-likeness (QED) is 0.364. The molecule has 1 aromatic carbocycles. The Morgan fingerprint density at radius 3 is 2.46 bits per heavy atom. The highest BCUT2D eigenvalue weighted by Gasteiger charge is 2.09. The molecule has 2 rings (SSSR count). The molecule has 144 valence electrons. The van der Waals surface area contributed by atoms with E-state index in [1.807, 2.05) is 12.1 Å². The van der Waals surface area contributed by atoms with Gasteiger partial charge in [-0.2, -0.15) is 4.98 Å². The molecule has 0 bridgehead atoms. The highest BCUT2D eigenvalue weighted by atomic mass is 127. The van der Waals surface area contributed by atoms with Crippen LogP contribution in [-0.2, 0) is 6.54 Å². The fourth-order valence-corrected chi connectivity index (χ4v) is 2.17. The largest absolute Gasteiger partial charge is 0.493 e. The lowest BCUT2D eigenvalue weighted by Gasteiger charge is -2.18. The van der Waals surface area contributed by atoms with Crippen LogP contribution in [0.2, 0.25) is 0 Å². The van der Waals surface area contributed by atoms with Crippen molar-refractivity contribution in [3.05, 3.63) is 41.5 Å². The second-order valence-electron chi connectivity index (χ2n) is 6.30. The minimum atomic E-state index is 0. The number of aliphatic imine (C=N–C) groups is 1. The predicted octanol–water partition coefficient (Wildman–Crippen LogP) is 3.46. The van der Waals surface area contributed by atoms with Crippen LogP contribution >= 0.6 is 24.0 Å². The molecule has 0 radical (unpaired) electrons. The number of aromatic nitrogens is 2. The molecular formula is C18H28IN5O2. The SMILES string of the molecule is CN=C(NCc1noc(C)n1)NC(C)c1ccc(OCC(C)C)cc1.I. The van der Waals surface area contributed by atoms with Gasteiger partial charge in [0.2, 0.25) is 5.89 Å². The number of hydrogen-bond donors (Lipinski definition) is 2. The fraction of sp³-hybridized carbons (Fsp3) is 0.500. The molecule has 26 heavy (non-hydrogen) atoms. The molecule has 0 aliphatic rings. The molecule has 0 fully saturated rings. The number of nitrogens with zero attached hydrogens (tertiary/aromatic N) is 3. The van der Waals surface area contributed by atoms with Gasteiger partial charge in [0, 0.05) is 14.0 Å². The van der Waals surface area contributed by atoms with Crippen LogP contribution in [-0.4, -0.2) is 29.8 Å². The molecule has 0 aliphatic heterocycles. The minimum absolute atomic E-state index is 0. The molecule has 1 atom stereocenters. The average Bonchev–Trinajstić information content (AvgIpc) is 3.02. The first-order chi connectivity index (χ1) is 12.0. The van der Waals surface area contributed by atoms with Gasteiger partial charge in [0.15, 0.2) is 11.8 Å². The second-order valence-corrected chi connectivity index (χ2v) is 6.30. The van der Waals surface area contributed by atoms with Gasteiger partial charge in [-0.15, -0.1) is 24.0 Å². The predicted molar refractivity (Wildman–Crippen MR) is 113 cm³/mol. The van der Waals surface area contributed by atoms with Crippen LogP contribution in [0.5, 0.6) is 5.75 Å². The van der Waals surface area contributed by atoms with E-state index in [1.54, 1.807) is 14.0 Å². The summed E-state index contributed by atoms with van der Waals surface area (Å²) in [6.45, 7) is 9.28. The number of nitrogens with one attached hydrogen (secondary N) is 2. The van der Waals surface area contributed by atoms with Gasteiger partial charge in [-0.3, -0.25) is 4.99 Å². The lowest BCUT2D eigenvalue weighted by Crippen LogP contribution is -2.38. The van der Waals surface area contributed by atoms with Crippen LogP contribution in [0.25, 0.3) is 0 Å². The van der Waals surface area contributed by atoms with Crippen molar-refractivity contribution in [3.63, 3.8) is 0 Å². The Morgan fingerprint density at radius 2 is 1.92 bits per heavy atom. The lowest BCUT2D eigenvalue weighted by atomic mass is 10.1. The van der Waals surface area contributed by atoms with Crippen LogP contribution in [0.4, 0.5) is 0 Å². The smallest absolute Gasteiger partial charge is 0.223 e. The second kappa shape index (κ2) is 11.0. The Kier molecular flexibility index (Phi) is 9.39. The van der Waals surface area contributed by atoms with Crippen LogP contribution in [0.1, 0.15) is 44.1 Å². The molecule has 2 aromatic rings. The molecule has 1 unspecified atom stereocenters. The Hall–Kier alpha value is -1.84. The van der Waals surface area contributed by atoms with Gasteiger partial charge < -0.3 is 19.9 Å². The zero-order valence-corrected chi connectivity index (χ0v) is 18.3. The van der Waals surface area contributed by atoms with Crippen molar-refractivity contribution in [2.24, 2.45) is 10.9 Å². The Balaban J connectivity index is 0.00000338. The monoisotopic (exact) mass is 473 g/mol. The van der Waals surface area contributed by atoms with E-state index in [-0.39, 0.29) is 30.0 Å². The molecule has 0 spiro atoms. The van der Waals surface area contributed by atoms with Gasteiger partial charge in [0.05, 0.1) is 19.2 Å². The maximum atomic E-state index is 5.71. The van der Waals surface area contributed by atoms with Crippen molar-refractivity contribution in [2.45, 2.75) is 40.3 Å². The van der Waals surface area contributed by atoms with E-state index in [0.29, 0.717) is 30.1 Å². The van der Waals surface area contributed by atoms with Gasteiger partial charge in [-0.25, -0.2) is 0 Å². The maximum Gasteiger partial charge on any atom is 0.223 e. The fourth-order valence-electron chi connectivity index (χ4n) is 2.17. The maximum absolute atomic E-state index is 5.71. The van der Waals surface area contributed by atoms with Gasteiger partial charge >= 0.3 is 0 Å². The first-order valence-electron chi connectivity index (χ1n) is 8.47. The van der Waals surface area contributed by atoms with Gasteiger partial charge in [-0.05, 0) is 30.5 Å². The summed E-state index contributed by atoms with van der Waals surface area (Å²) < 4.78 is 10.7. The molecular weight excluding hydrogens is 445 g/mol. The van der Waals surface area contributed by atoms with Crippen molar-refractivity contribution in [2.75, 3.05) is 13.7 Å². The summed E-state index contributed by atoms with van der Waals surface area (Å²) in [6, 6.07) is 8.20. The summed E-state index contributed by atoms with van der Waals surface area (Å²) in [5, 5.41) is 10.4. The molecule has 0 amide bonds. The first kappa shape index (κ1) is 22.2. The van der Waals surface area contributed by atoms with E-state index < -0.39 is 0 Å². The molecule has 1 heterocycles. The van der Waals surface area contributed by atoms with E-state index in [2.05, 4.69) is 58.7 Å². The van der Waals surface area contributed by atoms with E-state index in [0.717, 1.165) is 17.9 Å². The van der Waals surface area contributed by atoms with Crippen molar-refractivity contribution in [1.82, 2.24) is 20.8 Å². The Morgan fingerprint density at radius 1 is 1.23 bits per heavy atom. The Bertz CT molecular complexity index is 685. The Labute approximate surface area is 172 Å². The number of hydrogen-bond acceptors (Lipinski definition) is 5. The van der Waals surface area contributed by atoms with Crippen LogP contribution in [0.15, 0.2) is 33.8 Å². The van der Waals surface area contributed by atoms with Gasteiger partial charge in [0.1, 0.15) is 5.75 Å². The van der Waals surface area contributed by atoms with Crippen LogP contribution < -0.4 is 15.4 Å². The van der Waals surface area contributed by atoms with Gasteiger partial charge in [0.25, 0.3) is 0 Å². The lowest BCUT2D eigenvalue weighted by molar-refractivity contribution is 0.271.